The van der Waals surface area contributed by atoms with Crippen LogP contribution >= 0.6 is 35.0 Å². The molecule has 0 bridgehead atoms. The lowest BCUT2D eigenvalue weighted by atomic mass is 10.3. The molecule has 3 rings (SSSR count). The van der Waals surface area contributed by atoms with Crippen LogP contribution in [0.2, 0.25) is 10.0 Å². The molecular weight excluding hydrogens is 339 g/mol. The predicted octanol–water partition coefficient (Wildman–Crippen LogP) is 4.11. The van der Waals surface area contributed by atoms with Crippen LogP contribution in [-0.2, 0) is 0 Å². The molecule has 118 valence electrons. The molecule has 1 aromatic carbocycles. The van der Waals surface area contributed by atoms with E-state index in [1.54, 1.807) is 23.9 Å². The third-order valence-corrected chi connectivity index (χ3v) is 5.49. The molecule has 2 aliphatic heterocycles. The number of halogens is 2. The Morgan fingerprint density at radius 2 is 1.91 bits per heavy atom. The van der Waals surface area contributed by atoms with Gasteiger partial charge in [-0.25, -0.2) is 4.99 Å². The Balaban J connectivity index is 1.93. The Bertz CT molecular complexity index is 612. The van der Waals surface area contributed by atoms with Gasteiger partial charge in [0.1, 0.15) is 0 Å². The van der Waals surface area contributed by atoms with Gasteiger partial charge in [0.05, 0.1) is 15.7 Å². The van der Waals surface area contributed by atoms with E-state index in [9.17, 15) is 0 Å². The normalized spacial score (nSPS) is 21.2. The molecule has 1 aromatic rings. The smallest absolute Gasteiger partial charge is 0.228 e. The van der Waals surface area contributed by atoms with Crippen molar-refractivity contribution in [2.45, 2.75) is 12.8 Å². The molecule has 0 aromatic heterocycles. The van der Waals surface area contributed by atoms with Crippen LogP contribution in [0.25, 0.3) is 0 Å². The monoisotopic (exact) mass is 356 g/mol. The van der Waals surface area contributed by atoms with Crippen LogP contribution in [0, 0.1) is 0 Å². The highest BCUT2D eigenvalue weighted by Gasteiger charge is 2.20. The second-order valence-electron chi connectivity index (χ2n) is 5.37. The van der Waals surface area contributed by atoms with Crippen molar-refractivity contribution in [2.75, 3.05) is 32.4 Å². The summed E-state index contributed by atoms with van der Waals surface area (Å²) in [4.78, 5) is 13.9. The van der Waals surface area contributed by atoms with E-state index in [1.807, 2.05) is 6.07 Å². The van der Waals surface area contributed by atoms with Crippen molar-refractivity contribution >= 4 is 51.8 Å². The number of benzene rings is 1. The van der Waals surface area contributed by atoms with Gasteiger partial charge in [-0.2, -0.15) is 4.99 Å². The van der Waals surface area contributed by atoms with Crippen LogP contribution in [0.4, 0.5) is 5.69 Å². The van der Waals surface area contributed by atoms with Crippen LogP contribution in [0.5, 0.6) is 0 Å². The molecule has 0 spiro atoms. The molecule has 7 heteroatoms. The zero-order valence-corrected chi connectivity index (χ0v) is 14.8. The minimum atomic E-state index is 0.517. The highest BCUT2D eigenvalue weighted by atomic mass is 35.5. The number of amidine groups is 1. The maximum absolute atomic E-state index is 6.09. The van der Waals surface area contributed by atoms with Gasteiger partial charge in [-0.05, 0) is 31.0 Å². The summed E-state index contributed by atoms with van der Waals surface area (Å²) in [6.07, 6.45) is 2.38. The second kappa shape index (κ2) is 7.11. The van der Waals surface area contributed by atoms with Crippen LogP contribution in [0.3, 0.4) is 0 Å². The number of hydrogen-bond donors (Lipinski definition) is 0. The summed E-state index contributed by atoms with van der Waals surface area (Å²) >= 11 is 13.8. The van der Waals surface area contributed by atoms with Gasteiger partial charge in [0.25, 0.3) is 0 Å². The van der Waals surface area contributed by atoms with Crippen molar-refractivity contribution in [2.24, 2.45) is 9.98 Å². The summed E-state index contributed by atoms with van der Waals surface area (Å²) in [6, 6.07) is 5.43. The standard InChI is InChI=1S/C15H18Cl2N4S/c1-20-8-9-22-15(20)19-14(21-6-2-3-7-21)18-11-4-5-12(16)13(17)10-11/h4-5,10H,2-3,6-9H2,1H3/b18-14?,19-15-. The van der Waals surface area contributed by atoms with E-state index < -0.39 is 0 Å². The second-order valence-corrected chi connectivity index (χ2v) is 7.25. The van der Waals surface area contributed by atoms with Gasteiger partial charge in [0, 0.05) is 32.4 Å². The average Bonchev–Trinajstić information content (AvgIpc) is 3.14. The average molecular weight is 357 g/mol. The number of aliphatic imine (C=N–C) groups is 2. The number of guanidine groups is 1. The minimum absolute atomic E-state index is 0.517. The molecule has 0 unspecified atom stereocenters. The first-order valence-corrected chi connectivity index (χ1v) is 9.09. The highest BCUT2D eigenvalue weighted by Crippen LogP contribution is 2.27. The summed E-state index contributed by atoms with van der Waals surface area (Å²) in [7, 11) is 2.07. The quantitative estimate of drug-likeness (QED) is 0.560. The van der Waals surface area contributed by atoms with E-state index in [4.69, 9.17) is 33.2 Å². The minimum Gasteiger partial charge on any atom is -0.353 e. The SMILES string of the molecule is CN1CCS/C1=N\C(=Nc1ccc(Cl)c(Cl)c1)N1CCCC1. The molecular formula is C15H18Cl2N4S. The molecule has 0 saturated carbocycles. The van der Waals surface area contributed by atoms with E-state index in [0.29, 0.717) is 10.0 Å². The molecule has 2 fully saturated rings. The Kier molecular flexibility index (Phi) is 5.16. The van der Waals surface area contributed by atoms with E-state index >= 15 is 0 Å². The highest BCUT2D eigenvalue weighted by molar-refractivity contribution is 8.14. The van der Waals surface area contributed by atoms with Crippen molar-refractivity contribution in [3.05, 3.63) is 28.2 Å². The summed E-state index contributed by atoms with van der Waals surface area (Å²) in [5, 5.41) is 2.09. The predicted molar refractivity (Wildman–Crippen MR) is 96.9 cm³/mol. The van der Waals surface area contributed by atoms with Gasteiger partial charge >= 0.3 is 0 Å². The maximum atomic E-state index is 6.09. The Labute approximate surface area is 145 Å². The Morgan fingerprint density at radius 1 is 1.14 bits per heavy atom. The van der Waals surface area contributed by atoms with Gasteiger partial charge in [0.2, 0.25) is 5.96 Å². The van der Waals surface area contributed by atoms with Gasteiger partial charge in [0.15, 0.2) is 5.17 Å². The first-order chi connectivity index (χ1) is 10.6. The van der Waals surface area contributed by atoms with Gasteiger partial charge in [-0.3, -0.25) is 0 Å². The van der Waals surface area contributed by atoms with Crippen molar-refractivity contribution in [1.82, 2.24) is 9.80 Å². The zero-order valence-electron chi connectivity index (χ0n) is 12.4. The number of likely N-dealkylation sites (tertiary alicyclic amines) is 1. The van der Waals surface area contributed by atoms with Gasteiger partial charge in [-0.1, -0.05) is 35.0 Å². The molecule has 0 atom stereocenters. The van der Waals surface area contributed by atoms with Crippen molar-refractivity contribution in [3.63, 3.8) is 0 Å². The largest absolute Gasteiger partial charge is 0.353 e. The van der Waals surface area contributed by atoms with Crippen molar-refractivity contribution in [1.29, 1.82) is 0 Å². The summed E-state index contributed by atoms with van der Waals surface area (Å²) in [5.74, 6) is 1.85. The molecule has 22 heavy (non-hydrogen) atoms. The maximum Gasteiger partial charge on any atom is 0.228 e. The molecule has 4 nitrogen and oxygen atoms in total. The first kappa shape index (κ1) is 16.0. The lowest BCUT2D eigenvalue weighted by Gasteiger charge is -2.18. The van der Waals surface area contributed by atoms with E-state index in [1.165, 1.54) is 12.8 Å². The lowest BCUT2D eigenvalue weighted by Crippen LogP contribution is -2.29. The number of hydrogen-bond acceptors (Lipinski definition) is 2. The van der Waals surface area contributed by atoms with E-state index in [-0.39, 0.29) is 0 Å². The summed E-state index contributed by atoms with van der Waals surface area (Å²) < 4.78 is 0. The third-order valence-electron chi connectivity index (χ3n) is 3.70. The van der Waals surface area contributed by atoms with E-state index in [2.05, 4.69) is 16.8 Å². The Hall–Kier alpha value is -0.910. The Morgan fingerprint density at radius 3 is 2.55 bits per heavy atom. The van der Waals surface area contributed by atoms with Crippen molar-refractivity contribution < 1.29 is 0 Å². The number of nitrogens with zero attached hydrogens (tertiary/aromatic N) is 4. The van der Waals surface area contributed by atoms with Crippen LogP contribution in [0.15, 0.2) is 28.2 Å². The first-order valence-electron chi connectivity index (χ1n) is 7.35. The molecule has 0 amide bonds. The summed E-state index contributed by atoms with van der Waals surface area (Å²) in [5.41, 5.74) is 0.784. The topological polar surface area (TPSA) is 31.2 Å². The van der Waals surface area contributed by atoms with Gasteiger partial charge in [-0.15, -0.1) is 0 Å². The lowest BCUT2D eigenvalue weighted by molar-refractivity contribution is 0.510. The van der Waals surface area contributed by atoms with Crippen molar-refractivity contribution in [3.8, 4) is 0 Å². The van der Waals surface area contributed by atoms with Crippen LogP contribution < -0.4 is 0 Å². The zero-order chi connectivity index (χ0) is 15.5. The number of thioether (sulfide) groups is 1. The van der Waals surface area contributed by atoms with Gasteiger partial charge < -0.3 is 9.80 Å². The molecule has 2 aliphatic rings. The van der Waals surface area contributed by atoms with Crippen LogP contribution in [0.1, 0.15) is 12.8 Å². The third kappa shape index (κ3) is 3.70. The fraction of sp³-hybridized carbons (Fsp3) is 0.467. The number of rotatable bonds is 1. The molecule has 2 saturated heterocycles. The molecule has 0 N–H and O–H groups in total. The fourth-order valence-electron chi connectivity index (χ4n) is 2.44. The fourth-order valence-corrected chi connectivity index (χ4v) is 3.73. The molecule has 2 heterocycles. The van der Waals surface area contributed by atoms with Crippen LogP contribution in [-0.4, -0.2) is 53.4 Å². The molecule has 0 radical (unpaired) electrons. The van der Waals surface area contributed by atoms with E-state index in [0.717, 1.165) is 42.2 Å². The molecule has 0 aliphatic carbocycles. The summed E-state index contributed by atoms with van der Waals surface area (Å²) in [6.45, 7) is 3.04.